The average molecular weight is 668 g/mol. The minimum atomic E-state index is -1.28. The number of carbonyl (C=O) groups is 1. The molecule has 2 aliphatic rings. The monoisotopic (exact) mass is 667 g/mol. The van der Waals surface area contributed by atoms with E-state index in [0.29, 0.717) is 48.2 Å². The van der Waals surface area contributed by atoms with Crippen LogP contribution in [0.15, 0.2) is 29.3 Å². The number of ether oxygens (including phenoxy) is 2. The summed E-state index contributed by atoms with van der Waals surface area (Å²) in [4.78, 5) is 35.9. The molecule has 0 N–H and O–H groups in total. The molecule has 6 rings (SSSR count). The zero-order valence-electron chi connectivity index (χ0n) is 28.3. The van der Waals surface area contributed by atoms with Crippen LogP contribution in [0, 0.1) is 5.41 Å². The van der Waals surface area contributed by atoms with Gasteiger partial charge in [-0.25, -0.2) is 4.79 Å². The number of halogens is 1. The van der Waals surface area contributed by atoms with Gasteiger partial charge in [0.2, 0.25) is 5.95 Å². The zero-order chi connectivity index (χ0) is 33.2. The summed E-state index contributed by atoms with van der Waals surface area (Å²) in [5, 5.41) is 6.52. The number of nitrogens with zero attached hydrogens (tertiary/aromatic N) is 7. The molecule has 2 saturated heterocycles. The van der Waals surface area contributed by atoms with Gasteiger partial charge in [0.1, 0.15) is 12.3 Å². The van der Waals surface area contributed by atoms with Gasteiger partial charge in [-0.05, 0) is 46.2 Å². The Labute approximate surface area is 276 Å². The molecule has 4 aromatic rings. The zero-order valence-corrected chi connectivity index (χ0v) is 30.1. The van der Waals surface area contributed by atoms with Crippen molar-refractivity contribution >= 4 is 53.7 Å². The molecule has 2 fully saturated rings. The second kappa shape index (κ2) is 11.7. The Morgan fingerprint density at radius 1 is 1.11 bits per heavy atom. The number of amides is 1. The van der Waals surface area contributed by atoms with Crippen LogP contribution in [0.25, 0.3) is 33.1 Å². The lowest BCUT2D eigenvalue weighted by Gasteiger charge is -2.47. The van der Waals surface area contributed by atoms with Crippen LogP contribution >= 0.6 is 11.6 Å². The van der Waals surface area contributed by atoms with E-state index < -0.39 is 13.7 Å². The van der Waals surface area contributed by atoms with Crippen molar-refractivity contribution in [2.24, 2.45) is 12.5 Å². The molecule has 3 aromatic heterocycles. The highest BCUT2D eigenvalue weighted by molar-refractivity contribution is 6.76. The van der Waals surface area contributed by atoms with Gasteiger partial charge in [0, 0.05) is 88.8 Å². The first-order chi connectivity index (χ1) is 21.6. The minimum Gasteiger partial charge on any atom is -0.444 e. The van der Waals surface area contributed by atoms with Crippen molar-refractivity contribution in [2.75, 3.05) is 37.7 Å². The van der Waals surface area contributed by atoms with Gasteiger partial charge in [0.15, 0.2) is 5.65 Å². The van der Waals surface area contributed by atoms with Gasteiger partial charge in [-0.15, -0.1) is 0 Å². The van der Waals surface area contributed by atoms with Crippen LogP contribution in [-0.2, 0) is 29.8 Å². The van der Waals surface area contributed by atoms with Gasteiger partial charge in [-0.3, -0.25) is 14.0 Å². The van der Waals surface area contributed by atoms with E-state index in [2.05, 4.69) is 29.6 Å². The van der Waals surface area contributed by atoms with Crippen molar-refractivity contribution < 1.29 is 14.3 Å². The molecule has 0 bridgehead atoms. The number of carbonyl (C=O) groups excluding carboxylic acids is 1. The van der Waals surface area contributed by atoms with Crippen LogP contribution in [0.4, 0.5) is 10.7 Å². The van der Waals surface area contributed by atoms with Crippen LogP contribution in [0.1, 0.15) is 34.1 Å². The standard InChI is InChI=1S/C33H46ClN7O4Si/c1-9-41-17-24-25(36-41)11-10-22(27(24)34)23-16-39(21-44-14-15-46(6,7)8)28-26(23)29(42)37(5)30(35-28)38-13-12-33(18-38)19-40(20-33)31(43)45-32(2,3)4/h10-11,16-17H,9,12-15,18-21H2,1-8H3. The number of likely N-dealkylation sites (tertiary alicyclic amines) is 1. The maximum absolute atomic E-state index is 14.2. The van der Waals surface area contributed by atoms with E-state index in [9.17, 15) is 9.59 Å². The van der Waals surface area contributed by atoms with Crippen LogP contribution in [0.2, 0.25) is 30.7 Å². The molecule has 5 heterocycles. The van der Waals surface area contributed by atoms with E-state index in [1.54, 1.807) is 16.5 Å². The quantitative estimate of drug-likeness (QED) is 0.163. The third-order valence-electron chi connectivity index (χ3n) is 9.01. The molecule has 1 amide bonds. The lowest BCUT2D eigenvalue weighted by molar-refractivity contribution is -0.0266. The first kappa shape index (κ1) is 32.6. The van der Waals surface area contributed by atoms with E-state index in [1.165, 1.54) is 0 Å². The van der Waals surface area contributed by atoms with Crippen molar-refractivity contribution in [3.8, 4) is 11.1 Å². The molecule has 1 spiro atoms. The highest BCUT2D eigenvalue weighted by atomic mass is 35.5. The third-order valence-corrected chi connectivity index (χ3v) is 11.1. The summed E-state index contributed by atoms with van der Waals surface area (Å²) in [6.45, 7) is 19.0. The highest BCUT2D eigenvalue weighted by Gasteiger charge is 2.51. The maximum atomic E-state index is 14.2. The second-order valence-electron chi connectivity index (χ2n) is 15.2. The Bertz CT molecular complexity index is 1860. The predicted octanol–water partition coefficient (Wildman–Crippen LogP) is 6.18. The van der Waals surface area contributed by atoms with E-state index >= 15 is 0 Å². The number of aromatic nitrogens is 5. The van der Waals surface area contributed by atoms with E-state index in [-0.39, 0.29) is 23.8 Å². The summed E-state index contributed by atoms with van der Waals surface area (Å²) in [6, 6.07) is 4.93. The van der Waals surface area contributed by atoms with Crippen molar-refractivity contribution in [1.29, 1.82) is 0 Å². The highest BCUT2D eigenvalue weighted by Crippen LogP contribution is 2.42. The van der Waals surface area contributed by atoms with E-state index in [0.717, 1.165) is 47.6 Å². The first-order valence-electron chi connectivity index (χ1n) is 16.1. The van der Waals surface area contributed by atoms with Gasteiger partial charge >= 0.3 is 6.09 Å². The fraction of sp³-hybridized carbons (Fsp3) is 0.576. The molecule has 0 aliphatic carbocycles. The Kier molecular flexibility index (Phi) is 8.30. The molecular weight excluding hydrogens is 622 g/mol. The lowest BCUT2D eigenvalue weighted by atomic mass is 9.79. The number of hydrogen-bond donors (Lipinski definition) is 0. The van der Waals surface area contributed by atoms with Crippen molar-refractivity contribution in [1.82, 2.24) is 28.8 Å². The van der Waals surface area contributed by atoms with Gasteiger partial charge in [0.25, 0.3) is 5.56 Å². The Hall–Kier alpha value is -3.35. The molecule has 13 heteroatoms. The van der Waals surface area contributed by atoms with Gasteiger partial charge in [0.05, 0.1) is 15.9 Å². The fourth-order valence-corrected chi connectivity index (χ4v) is 7.56. The third kappa shape index (κ3) is 6.18. The smallest absolute Gasteiger partial charge is 0.410 e. The summed E-state index contributed by atoms with van der Waals surface area (Å²) in [5.41, 5.74) is 2.17. The predicted molar refractivity (Wildman–Crippen MR) is 186 cm³/mol. The number of rotatable bonds is 8. The van der Waals surface area contributed by atoms with Crippen molar-refractivity contribution in [2.45, 2.75) is 78.7 Å². The summed E-state index contributed by atoms with van der Waals surface area (Å²) in [5.74, 6) is 0.615. The Balaban J connectivity index is 1.35. The van der Waals surface area contributed by atoms with Crippen LogP contribution in [0.3, 0.4) is 0 Å². The summed E-state index contributed by atoms with van der Waals surface area (Å²) in [6.07, 6.45) is 4.53. The number of anilines is 1. The molecule has 2 aliphatic heterocycles. The van der Waals surface area contributed by atoms with Gasteiger partial charge in [-0.2, -0.15) is 10.1 Å². The minimum absolute atomic E-state index is 0.0391. The molecule has 0 saturated carbocycles. The number of fused-ring (bicyclic) bond motifs is 2. The van der Waals surface area contributed by atoms with Crippen LogP contribution < -0.4 is 10.5 Å². The maximum Gasteiger partial charge on any atom is 0.410 e. The summed E-state index contributed by atoms with van der Waals surface area (Å²) in [7, 11) is 0.504. The molecule has 0 unspecified atom stereocenters. The topological polar surface area (TPSA) is 99.6 Å². The summed E-state index contributed by atoms with van der Waals surface area (Å²) < 4.78 is 17.2. The second-order valence-corrected chi connectivity index (χ2v) is 21.2. The molecule has 46 heavy (non-hydrogen) atoms. The van der Waals surface area contributed by atoms with Crippen LogP contribution in [-0.4, -0.2) is 81.4 Å². The first-order valence-corrected chi connectivity index (χ1v) is 20.2. The average Bonchev–Trinajstić information content (AvgIpc) is 3.67. The van der Waals surface area contributed by atoms with E-state index in [1.807, 2.05) is 61.5 Å². The molecule has 0 atom stereocenters. The molecule has 11 nitrogen and oxygen atoms in total. The van der Waals surface area contributed by atoms with Crippen LogP contribution in [0.5, 0.6) is 0 Å². The number of aryl methyl sites for hydroxylation is 1. The fourth-order valence-electron chi connectivity index (χ4n) is 6.49. The molecule has 1 aromatic carbocycles. The summed E-state index contributed by atoms with van der Waals surface area (Å²) >= 11 is 7.02. The SMILES string of the molecule is CCn1cc2c(Cl)c(-c3cn(COCC[Si](C)(C)C)c4nc(N5CCC6(CN(C(=O)OC(C)(C)C)C6)C5)n(C)c(=O)c34)ccc2n1. The Morgan fingerprint density at radius 3 is 2.52 bits per heavy atom. The Morgan fingerprint density at radius 2 is 1.85 bits per heavy atom. The molecule has 0 radical (unpaired) electrons. The lowest BCUT2D eigenvalue weighted by Crippen LogP contribution is -2.60. The van der Waals surface area contributed by atoms with Gasteiger partial charge in [-0.1, -0.05) is 37.3 Å². The van der Waals surface area contributed by atoms with E-state index in [4.69, 9.17) is 26.1 Å². The number of hydrogen-bond acceptors (Lipinski definition) is 7. The van der Waals surface area contributed by atoms with Crippen molar-refractivity contribution in [3.63, 3.8) is 0 Å². The molecular formula is C33H46ClN7O4Si. The normalized spacial score (nSPS) is 16.6. The largest absolute Gasteiger partial charge is 0.444 e. The number of benzene rings is 1. The van der Waals surface area contributed by atoms with Gasteiger partial charge < -0.3 is 23.8 Å². The molecule has 248 valence electrons. The van der Waals surface area contributed by atoms with Crippen molar-refractivity contribution in [3.05, 3.63) is 39.9 Å².